The zero-order valence-corrected chi connectivity index (χ0v) is 47.5. The van der Waals surface area contributed by atoms with Crippen LogP contribution in [0.1, 0.15) is 129 Å². The molecule has 74 heavy (non-hydrogen) atoms. The molecule has 0 fully saturated rings. The van der Waals surface area contributed by atoms with E-state index in [1.54, 1.807) is 0 Å². The molecule has 0 N–H and O–H groups in total. The van der Waals surface area contributed by atoms with Crippen LogP contribution in [-0.2, 0) is 48.1 Å². The second-order valence-electron chi connectivity index (χ2n) is 24.0. The van der Waals surface area contributed by atoms with Gasteiger partial charge in [0.25, 0.3) is 6.33 Å². The number of ether oxygens (including phenoxy) is 1. The summed E-state index contributed by atoms with van der Waals surface area (Å²) < 4.78 is 13.6. The standard InChI is InChI=1S/C68H68N4O.Pt/c1-64(2,3)50-29-32-60-59(40-50)58-31-30-56(43-61(58)72(60)63-41-51(33-34-69-63)65(4,5)6)73-57-36-47(46-23-17-14-18-24-46)35-54(42-57)70-44-62(68(12,13)49-27-21-16-22-28-49)71(45-70)55-38-52(66(7,8)9)37-53(39-55)67(10,11)48-25-19-15-20-26-48;/h14-41,44H,1-13H3;/q-2;. The fraction of sp³-hybridized carbons (Fsp3) is 0.265. The Kier molecular flexibility index (Phi) is 13.7. The molecule has 3 aromatic heterocycles. The van der Waals surface area contributed by atoms with E-state index in [0.717, 1.165) is 55.8 Å². The Morgan fingerprint density at radius 1 is 0.473 bits per heavy atom. The minimum absolute atomic E-state index is 0. The van der Waals surface area contributed by atoms with Gasteiger partial charge in [-0.3, -0.25) is 4.57 Å². The van der Waals surface area contributed by atoms with E-state index in [2.05, 4.69) is 286 Å². The number of rotatable bonds is 10. The Bertz CT molecular complexity index is 3640. The first kappa shape index (κ1) is 52.1. The van der Waals surface area contributed by atoms with Gasteiger partial charge in [-0.2, -0.15) is 12.1 Å². The Morgan fingerprint density at radius 2 is 1.07 bits per heavy atom. The summed E-state index contributed by atoms with van der Waals surface area (Å²) in [5.41, 5.74) is 13.5. The van der Waals surface area contributed by atoms with Crippen LogP contribution in [0, 0.1) is 18.5 Å². The maximum absolute atomic E-state index is 6.98. The summed E-state index contributed by atoms with van der Waals surface area (Å²) in [4.78, 5) is 4.97. The normalized spacial score (nSPS) is 12.6. The number of hydrogen-bond donors (Lipinski definition) is 0. The molecule has 7 aromatic carbocycles. The van der Waals surface area contributed by atoms with E-state index in [1.807, 2.05) is 12.3 Å². The van der Waals surface area contributed by atoms with Crippen molar-refractivity contribution in [3.05, 3.63) is 234 Å². The van der Waals surface area contributed by atoms with Gasteiger partial charge in [0.15, 0.2) is 0 Å². The molecule has 10 aromatic rings. The quantitative estimate of drug-likeness (QED) is 0.101. The van der Waals surface area contributed by atoms with Gasteiger partial charge in [-0.1, -0.05) is 205 Å². The van der Waals surface area contributed by atoms with Crippen LogP contribution < -0.4 is 9.30 Å². The molecule has 0 atom stereocenters. The summed E-state index contributed by atoms with van der Waals surface area (Å²) in [5, 5.41) is 2.24. The number of nitrogens with zero attached hydrogens (tertiary/aromatic N) is 4. The van der Waals surface area contributed by atoms with Crippen molar-refractivity contribution >= 4 is 21.8 Å². The van der Waals surface area contributed by atoms with Gasteiger partial charge < -0.3 is 13.9 Å². The van der Waals surface area contributed by atoms with Crippen molar-refractivity contribution in [2.24, 2.45) is 0 Å². The average molecular weight is 1150 g/mol. The topological polar surface area (TPSA) is 35.9 Å². The molecule has 5 nitrogen and oxygen atoms in total. The molecule has 10 rings (SSSR count). The molecule has 0 aliphatic rings. The number of pyridine rings is 1. The van der Waals surface area contributed by atoms with Gasteiger partial charge in [0.05, 0.1) is 11.4 Å². The number of imidazole rings is 1. The third-order valence-corrected chi connectivity index (χ3v) is 14.9. The number of fused-ring (bicyclic) bond motifs is 3. The van der Waals surface area contributed by atoms with Crippen molar-refractivity contribution in [2.45, 2.75) is 117 Å². The molecular weight excluding hydrogens is 1080 g/mol. The Morgan fingerprint density at radius 3 is 1.70 bits per heavy atom. The summed E-state index contributed by atoms with van der Waals surface area (Å²) in [6.45, 7) is 29.7. The van der Waals surface area contributed by atoms with Gasteiger partial charge in [0.2, 0.25) is 0 Å². The molecule has 0 saturated heterocycles. The minimum Gasteiger partial charge on any atom is -0.510 e. The SMILES string of the molecule is CC(C)(C)c1cc(-[n+]2[c-]n(-c3[c-]c(Oc4[c-]c5c(cc4)c4cc(C(C)(C)C)ccc4n5-c4cc(C(C)(C)C)ccn4)cc(-c4ccccc4)c3)cc2C(C)(C)c2ccccc2)cc(C(C)(C)c2ccccc2)c1.[Pt]. The zero-order valence-electron chi connectivity index (χ0n) is 45.3. The molecule has 0 bridgehead atoms. The third kappa shape index (κ3) is 10.1. The van der Waals surface area contributed by atoms with Crippen LogP contribution in [0.25, 0.3) is 50.1 Å². The predicted molar refractivity (Wildman–Crippen MR) is 301 cm³/mol. The molecular formula is C68H68N4OPt-2. The van der Waals surface area contributed by atoms with Crippen LogP contribution in [0.15, 0.2) is 176 Å². The zero-order chi connectivity index (χ0) is 51.7. The number of benzene rings is 7. The van der Waals surface area contributed by atoms with Gasteiger partial charge in [-0.05, 0) is 96.6 Å². The molecule has 0 aliphatic heterocycles. The van der Waals surface area contributed by atoms with Gasteiger partial charge >= 0.3 is 0 Å². The largest absolute Gasteiger partial charge is 0.510 e. The second-order valence-corrected chi connectivity index (χ2v) is 24.0. The van der Waals surface area contributed by atoms with Crippen LogP contribution in [0.5, 0.6) is 11.5 Å². The first-order valence-corrected chi connectivity index (χ1v) is 25.7. The second kappa shape index (κ2) is 19.5. The summed E-state index contributed by atoms with van der Waals surface area (Å²) in [6, 6.07) is 66.3. The minimum atomic E-state index is -0.427. The van der Waals surface area contributed by atoms with Crippen LogP contribution in [-0.4, -0.2) is 14.1 Å². The van der Waals surface area contributed by atoms with Crippen LogP contribution in [0.2, 0.25) is 0 Å². The van der Waals surface area contributed by atoms with Crippen molar-refractivity contribution in [1.29, 1.82) is 0 Å². The Balaban J connectivity index is 0.00000672. The van der Waals surface area contributed by atoms with Crippen LogP contribution >= 0.6 is 0 Å². The maximum Gasteiger partial charge on any atom is 0.267 e. The van der Waals surface area contributed by atoms with Crippen LogP contribution in [0.3, 0.4) is 0 Å². The number of aromatic nitrogens is 4. The molecule has 0 unspecified atom stereocenters. The molecule has 0 aliphatic carbocycles. The van der Waals surface area contributed by atoms with Crippen molar-refractivity contribution in [3.8, 4) is 39.8 Å². The van der Waals surface area contributed by atoms with Crippen molar-refractivity contribution in [2.75, 3.05) is 0 Å². The summed E-state index contributed by atoms with van der Waals surface area (Å²) in [7, 11) is 0. The fourth-order valence-corrected chi connectivity index (χ4v) is 10.0. The van der Waals surface area contributed by atoms with E-state index in [1.165, 1.54) is 33.4 Å². The van der Waals surface area contributed by atoms with Crippen molar-refractivity contribution < 1.29 is 30.4 Å². The summed E-state index contributed by atoms with van der Waals surface area (Å²) >= 11 is 0. The van der Waals surface area contributed by atoms with E-state index < -0.39 is 5.41 Å². The summed E-state index contributed by atoms with van der Waals surface area (Å²) in [5.74, 6) is 1.99. The van der Waals surface area contributed by atoms with E-state index in [-0.39, 0.29) is 42.7 Å². The smallest absolute Gasteiger partial charge is 0.267 e. The number of hydrogen-bond acceptors (Lipinski definition) is 2. The maximum atomic E-state index is 6.98. The molecule has 0 saturated carbocycles. The monoisotopic (exact) mass is 1150 g/mol. The molecule has 3 heterocycles. The molecule has 378 valence electrons. The van der Waals surface area contributed by atoms with Crippen LogP contribution in [0.4, 0.5) is 0 Å². The molecule has 6 heteroatoms. The van der Waals surface area contributed by atoms with E-state index in [4.69, 9.17) is 9.72 Å². The van der Waals surface area contributed by atoms with Crippen molar-refractivity contribution in [3.63, 3.8) is 0 Å². The Hall–Kier alpha value is -6.81. The van der Waals surface area contributed by atoms with E-state index in [9.17, 15) is 0 Å². The Labute approximate surface area is 454 Å². The van der Waals surface area contributed by atoms with Gasteiger partial charge in [-0.15, -0.1) is 35.2 Å². The first-order chi connectivity index (χ1) is 34.6. The van der Waals surface area contributed by atoms with Crippen molar-refractivity contribution in [1.82, 2.24) is 14.1 Å². The fourth-order valence-electron chi connectivity index (χ4n) is 10.0. The van der Waals surface area contributed by atoms with Gasteiger partial charge in [-0.25, -0.2) is 4.98 Å². The van der Waals surface area contributed by atoms with E-state index in [0.29, 0.717) is 11.5 Å². The van der Waals surface area contributed by atoms with E-state index >= 15 is 0 Å². The van der Waals surface area contributed by atoms with Gasteiger partial charge in [0.1, 0.15) is 5.82 Å². The summed E-state index contributed by atoms with van der Waals surface area (Å²) in [6.07, 6.45) is 8.03. The predicted octanol–water partition coefficient (Wildman–Crippen LogP) is 16.6. The molecule has 0 spiro atoms. The average Bonchev–Trinajstić information content (AvgIpc) is 3.97. The molecule has 0 radical (unpaired) electrons. The van der Waals surface area contributed by atoms with Gasteiger partial charge in [0, 0.05) is 61.3 Å². The first-order valence-electron chi connectivity index (χ1n) is 25.7. The third-order valence-electron chi connectivity index (χ3n) is 14.9. The molecule has 0 amide bonds.